The van der Waals surface area contributed by atoms with Crippen LogP contribution in [0.25, 0.3) is 0 Å². The summed E-state index contributed by atoms with van der Waals surface area (Å²) in [6, 6.07) is 7.56. The highest BCUT2D eigenvalue weighted by Gasteiger charge is 2.16. The average Bonchev–Trinajstić information content (AvgIpc) is 2.25. The lowest BCUT2D eigenvalue weighted by molar-refractivity contribution is -0.0897. The second-order valence-electron chi connectivity index (χ2n) is 3.79. The highest BCUT2D eigenvalue weighted by molar-refractivity contribution is 5.28. The number of methoxy groups -OCH3 is 1. The van der Waals surface area contributed by atoms with Gasteiger partial charge in [0.25, 0.3) is 0 Å². The summed E-state index contributed by atoms with van der Waals surface area (Å²) in [4.78, 5) is 1.58. The molecule has 0 aliphatic carbocycles. The first kappa shape index (κ1) is 13.0. The van der Waals surface area contributed by atoms with Crippen LogP contribution in [0.5, 0.6) is 5.75 Å². The zero-order chi connectivity index (χ0) is 12.1. The van der Waals surface area contributed by atoms with Gasteiger partial charge < -0.3 is 14.9 Å². The van der Waals surface area contributed by atoms with Crippen LogP contribution >= 0.6 is 0 Å². The van der Waals surface area contributed by atoms with Crippen molar-refractivity contribution < 1.29 is 14.9 Å². The Morgan fingerprint density at radius 2 is 1.88 bits per heavy atom. The Bertz CT molecular complexity index is 318. The maximum Gasteiger partial charge on any atom is 0.119 e. The Hall–Kier alpha value is -1.10. The van der Waals surface area contributed by atoms with Crippen LogP contribution in [0.15, 0.2) is 24.3 Å². The number of nitrogens with zero attached hydrogens (tertiary/aromatic N) is 1. The molecule has 0 saturated carbocycles. The molecule has 1 aromatic carbocycles. The zero-order valence-electron chi connectivity index (χ0n) is 9.92. The van der Waals surface area contributed by atoms with Crippen LogP contribution in [-0.4, -0.2) is 34.7 Å². The lowest BCUT2D eigenvalue weighted by atomic mass is 10.2. The third-order valence-corrected chi connectivity index (χ3v) is 2.46. The fourth-order valence-corrected chi connectivity index (χ4v) is 1.56. The molecule has 4 heteroatoms. The van der Waals surface area contributed by atoms with Gasteiger partial charge in [-0.3, -0.25) is 0 Å². The highest BCUT2D eigenvalue weighted by atomic mass is 16.5. The lowest BCUT2D eigenvalue weighted by Gasteiger charge is -2.28. The van der Waals surface area contributed by atoms with Crippen molar-refractivity contribution in [2.24, 2.45) is 0 Å². The molecule has 0 saturated heterocycles. The molecule has 16 heavy (non-hydrogen) atoms. The van der Waals surface area contributed by atoms with E-state index in [1.807, 2.05) is 24.3 Å². The molecule has 4 nitrogen and oxygen atoms in total. The number of aliphatic hydroxyl groups excluding tert-OH is 2. The summed E-state index contributed by atoms with van der Waals surface area (Å²) < 4.78 is 5.11. The first-order valence-corrected chi connectivity index (χ1v) is 5.29. The van der Waals surface area contributed by atoms with Crippen LogP contribution < -0.4 is 4.74 Å². The molecule has 0 amide bonds. The van der Waals surface area contributed by atoms with E-state index in [1.54, 1.807) is 25.9 Å². The van der Waals surface area contributed by atoms with E-state index in [0.29, 0.717) is 6.54 Å². The van der Waals surface area contributed by atoms with Gasteiger partial charge in [0.1, 0.15) is 18.2 Å². The molecule has 0 heterocycles. The van der Waals surface area contributed by atoms with Crippen LogP contribution in [0, 0.1) is 0 Å². The van der Waals surface area contributed by atoms with Gasteiger partial charge in [0.15, 0.2) is 0 Å². The van der Waals surface area contributed by atoms with E-state index in [9.17, 15) is 10.2 Å². The standard InChI is InChI=1S/C12H19NO3/c1-9(14)13(10(2)15)8-11-5-4-6-12(7-11)16-3/h4-7,9-10,14-15H,8H2,1-3H3. The minimum absolute atomic E-state index is 0.479. The molecule has 1 aromatic rings. The average molecular weight is 225 g/mol. The van der Waals surface area contributed by atoms with Gasteiger partial charge in [0.2, 0.25) is 0 Å². The highest BCUT2D eigenvalue weighted by Crippen LogP contribution is 2.16. The third kappa shape index (κ3) is 3.48. The molecule has 90 valence electrons. The molecule has 0 spiro atoms. The van der Waals surface area contributed by atoms with Crippen molar-refractivity contribution in [3.05, 3.63) is 29.8 Å². The van der Waals surface area contributed by atoms with Gasteiger partial charge in [-0.05, 0) is 31.5 Å². The van der Waals surface area contributed by atoms with E-state index in [-0.39, 0.29) is 0 Å². The van der Waals surface area contributed by atoms with Gasteiger partial charge in [-0.1, -0.05) is 12.1 Å². The molecule has 0 aromatic heterocycles. The number of hydrogen-bond acceptors (Lipinski definition) is 4. The van der Waals surface area contributed by atoms with Crippen molar-refractivity contribution in [2.75, 3.05) is 7.11 Å². The quantitative estimate of drug-likeness (QED) is 0.739. The molecule has 0 aliphatic heterocycles. The summed E-state index contributed by atoms with van der Waals surface area (Å²) in [7, 11) is 1.61. The molecule has 2 N–H and O–H groups in total. The summed E-state index contributed by atoms with van der Waals surface area (Å²) >= 11 is 0. The van der Waals surface area contributed by atoms with Crippen molar-refractivity contribution in [3.63, 3.8) is 0 Å². The van der Waals surface area contributed by atoms with Gasteiger partial charge in [-0.25, -0.2) is 4.90 Å². The monoisotopic (exact) mass is 225 g/mol. The smallest absolute Gasteiger partial charge is 0.119 e. The summed E-state index contributed by atoms with van der Waals surface area (Å²) in [5.41, 5.74) is 0.987. The Morgan fingerprint density at radius 3 is 2.38 bits per heavy atom. The maximum atomic E-state index is 9.51. The Morgan fingerprint density at radius 1 is 1.25 bits per heavy atom. The molecular formula is C12H19NO3. The molecule has 1 rings (SSSR count). The zero-order valence-corrected chi connectivity index (χ0v) is 9.92. The molecular weight excluding hydrogens is 206 g/mol. The fourth-order valence-electron chi connectivity index (χ4n) is 1.56. The van der Waals surface area contributed by atoms with Gasteiger partial charge in [0, 0.05) is 6.54 Å². The summed E-state index contributed by atoms with van der Waals surface area (Å²) in [5.74, 6) is 0.772. The predicted molar refractivity (Wildman–Crippen MR) is 61.9 cm³/mol. The maximum absolute atomic E-state index is 9.51. The lowest BCUT2D eigenvalue weighted by Crippen LogP contribution is -2.39. The third-order valence-electron chi connectivity index (χ3n) is 2.46. The number of ether oxygens (including phenoxy) is 1. The van der Waals surface area contributed by atoms with E-state index in [4.69, 9.17) is 4.74 Å². The van der Waals surface area contributed by atoms with E-state index in [2.05, 4.69) is 0 Å². The molecule has 0 fully saturated rings. The van der Waals surface area contributed by atoms with Crippen LogP contribution in [0.1, 0.15) is 19.4 Å². The van der Waals surface area contributed by atoms with Crippen molar-refractivity contribution in [1.82, 2.24) is 4.90 Å². The number of hydrogen-bond donors (Lipinski definition) is 2. The first-order chi connectivity index (χ1) is 7.54. The second kappa shape index (κ2) is 5.84. The van der Waals surface area contributed by atoms with E-state index < -0.39 is 12.5 Å². The van der Waals surface area contributed by atoms with Crippen molar-refractivity contribution in [1.29, 1.82) is 0 Å². The summed E-state index contributed by atoms with van der Waals surface area (Å²) in [6.07, 6.45) is -1.38. The van der Waals surface area contributed by atoms with Crippen LogP contribution in [-0.2, 0) is 6.54 Å². The van der Waals surface area contributed by atoms with Gasteiger partial charge in [0.05, 0.1) is 7.11 Å². The normalized spacial score (nSPS) is 14.9. The van der Waals surface area contributed by atoms with Crippen LogP contribution in [0.4, 0.5) is 0 Å². The van der Waals surface area contributed by atoms with Crippen LogP contribution in [0.3, 0.4) is 0 Å². The van der Waals surface area contributed by atoms with E-state index in [1.165, 1.54) is 0 Å². The number of benzene rings is 1. The molecule has 0 aliphatic rings. The minimum Gasteiger partial charge on any atom is -0.497 e. The Labute approximate surface area is 96.1 Å². The molecule has 2 unspecified atom stereocenters. The molecule has 0 radical (unpaired) electrons. The van der Waals surface area contributed by atoms with Crippen LogP contribution in [0.2, 0.25) is 0 Å². The predicted octanol–water partition coefficient (Wildman–Crippen LogP) is 1.17. The minimum atomic E-state index is -0.689. The van der Waals surface area contributed by atoms with E-state index >= 15 is 0 Å². The number of rotatable bonds is 5. The van der Waals surface area contributed by atoms with Gasteiger partial charge in [-0.2, -0.15) is 0 Å². The topological polar surface area (TPSA) is 52.9 Å². The van der Waals surface area contributed by atoms with Gasteiger partial charge in [-0.15, -0.1) is 0 Å². The second-order valence-corrected chi connectivity index (χ2v) is 3.79. The Kier molecular flexibility index (Phi) is 4.73. The largest absolute Gasteiger partial charge is 0.497 e. The Balaban J connectivity index is 2.77. The molecule has 2 atom stereocenters. The van der Waals surface area contributed by atoms with Crippen molar-refractivity contribution >= 4 is 0 Å². The van der Waals surface area contributed by atoms with E-state index in [0.717, 1.165) is 11.3 Å². The number of aliphatic hydroxyl groups is 2. The first-order valence-electron chi connectivity index (χ1n) is 5.29. The van der Waals surface area contributed by atoms with Crippen molar-refractivity contribution in [2.45, 2.75) is 32.8 Å². The summed E-state index contributed by atoms with van der Waals surface area (Å²) in [6.45, 7) is 3.74. The van der Waals surface area contributed by atoms with Crippen molar-refractivity contribution in [3.8, 4) is 5.75 Å². The molecule has 0 bridgehead atoms. The SMILES string of the molecule is COc1cccc(CN(C(C)O)C(C)O)c1. The summed E-state index contributed by atoms with van der Waals surface area (Å²) in [5, 5.41) is 19.0. The van der Waals surface area contributed by atoms with Gasteiger partial charge >= 0.3 is 0 Å². The fraction of sp³-hybridized carbons (Fsp3) is 0.500.